The highest BCUT2D eigenvalue weighted by Gasteiger charge is 2.26. The molecule has 0 aliphatic carbocycles. The fourth-order valence-corrected chi connectivity index (χ4v) is 3.34. The Kier molecular flexibility index (Phi) is 4.91. The van der Waals surface area contributed by atoms with Crippen molar-refractivity contribution in [1.29, 1.82) is 0 Å². The predicted octanol–water partition coefficient (Wildman–Crippen LogP) is 3.61. The fourth-order valence-electron chi connectivity index (χ4n) is 1.76. The van der Waals surface area contributed by atoms with Gasteiger partial charge in [0.25, 0.3) is 0 Å². The Hall–Kier alpha value is -1.11. The zero-order chi connectivity index (χ0) is 15.6. The lowest BCUT2D eigenvalue weighted by molar-refractivity contribution is 0.464. The summed E-state index contributed by atoms with van der Waals surface area (Å²) < 4.78 is 30.0. The van der Waals surface area contributed by atoms with Crippen LogP contribution in [0.1, 0.15) is 36.4 Å². The van der Waals surface area contributed by atoms with Gasteiger partial charge in [-0.25, -0.2) is 8.42 Å². The number of nitrogens with zero attached hydrogens (tertiary/aromatic N) is 2. The summed E-state index contributed by atoms with van der Waals surface area (Å²) in [6.45, 7) is 3.44. The summed E-state index contributed by atoms with van der Waals surface area (Å²) in [5.41, 5.74) is 0.569. The second-order valence-electron chi connectivity index (χ2n) is 4.57. The Morgan fingerprint density at radius 1 is 1.19 bits per heavy atom. The van der Waals surface area contributed by atoms with E-state index in [1.165, 1.54) is 0 Å². The SMILES string of the molecule is CCc1nnc(CS(=O)(=O)C(C)c2ccc(Cl)c(Cl)c2)o1. The van der Waals surface area contributed by atoms with Crippen LogP contribution in [0, 0.1) is 0 Å². The van der Waals surface area contributed by atoms with Crippen LogP contribution in [0.4, 0.5) is 0 Å². The van der Waals surface area contributed by atoms with Crippen LogP contribution in [0.5, 0.6) is 0 Å². The first-order chi connectivity index (χ1) is 9.83. The molecule has 0 N–H and O–H groups in total. The molecule has 1 aromatic heterocycles. The molecule has 8 heteroatoms. The third-order valence-electron chi connectivity index (χ3n) is 3.09. The van der Waals surface area contributed by atoms with E-state index >= 15 is 0 Å². The summed E-state index contributed by atoms with van der Waals surface area (Å²) in [4.78, 5) is 0. The van der Waals surface area contributed by atoms with Crippen LogP contribution < -0.4 is 0 Å². The number of benzene rings is 1. The molecule has 0 bridgehead atoms. The van der Waals surface area contributed by atoms with Crippen LogP contribution in [0.2, 0.25) is 10.0 Å². The van der Waals surface area contributed by atoms with Gasteiger partial charge in [0.15, 0.2) is 9.84 Å². The van der Waals surface area contributed by atoms with E-state index in [0.29, 0.717) is 27.9 Å². The van der Waals surface area contributed by atoms with Gasteiger partial charge in [0.2, 0.25) is 11.8 Å². The molecule has 0 aliphatic heterocycles. The summed E-state index contributed by atoms with van der Waals surface area (Å²) in [7, 11) is -3.49. The van der Waals surface area contributed by atoms with E-state index in [1.807, 2.05) is 6.92 Å². The van der Waals surface area contributed by atoms with Gasteiger partial charge < -0.3 is 4.42 Å². The summed E-state index contributed by atoms with van der Waals surface area (Å²) in [5.74, 6) is 0.211. The van der Waals surface area contributed by atoms with E-state index in [2.05, 4.69) is 10.2 Å². The highest BCUT2D eigenvalue weighted by molar-refractivity contribution is 7.90. The Morgan fingerprint density at radius 2 is 1.86 bits per heavy atom. The second kappa shape index (κ2) is 6.34. The first-order valence-electron chi connectivity index (χ1n) is 6.31. The molecule has 1 heterocycles. The number of aromatic nitrogens is 2. The first-order valence-corrected chi connectivity index (χ1v) is 8.78. The largest absolute Gasteiger partial charge is 0.424 e. The maximum atomic E-state index is 12.4. The minimum absolute atomic E-state index is 0.0961. The summed E-state index contributed by atoms with van der Waals surface area (Å²) in [6, 6.07) is 4.77. The maximum Gasteiger partial charge on any atom is 0.231 e. The number of hydrogen-bond acceptors (Lipinski definition) is 5. The molecule has 1 unspecified atom stereocenters. The van der Waals surface area contributed by atoms with E-state index in [-0.39, 0.29) is 11.6 Å². The molecule has 2 rings (SSSR count). The standard InChI is InChI=1S/C13H14Cl2N2O3S/c1-3-12-16-17-13(20-12)7-21(18,19)8(2)9-4-5-10(14)11(15)6-9/h4-6,8H,3,7H2,1-2H3. The zero-order valence-corrected chi connectivity index (χ0v) is 13.8. The van der Waals surface area contributed by atoms with Gasteiger partial charge >= 0.3 is 0 Å². The van der Waals surface area contributed by atoms with E-state index in [4.69, 9.17) is 27.6 Å². The molecule has 0 fully saturated rings. The molecule has 5 nitrogen and oxygen atoms in total. The van der Waals surface area contributed by atoms with Crippen molar-refractivity contribution in [1.82, 2.24) is 10.2 Å². The van der Waals surface area contributed by atoms with Gasteiger partial charge in [-0.15, -0.1) is 10.2 Å². The molecular weight excluding hydrogens is 335 g/mol. The van der Waals surface area contributed by atoms with Crippen molar-refractivity contribution in [3.05, 3.63) is 45.6 Å². The smallest absolute Gasteiger partial charge is 0.231 e. The maximum absolute atomic E-state index is 12.4. The highest BCUT2D eigenvalue weighted by Crippen LogP contribution is 2.30. The lowest BCUT2D eigenvalue weighted by Gasteiger charge is -2.12. The minimum Gasteiger partial charge on any atom is -0.424 e. The van der Waals surface area contributed by atoms with E-state index in [9.17, 15) is 8.42 Å². The van der Waals surface area contributed by atoms with Crippen LogP contribution in [-0.4, -0.2) is 18.6 Å². The lowest BCUT2D eigenvalue weighted by Crippen LogP contribution is -2.13. The fraction of sp³-hybridized carbons (Fsp3) is 0.385. The van der Waals surface area contributed by atoms with Crippen LogP contribution in [-0.2, 0) is 22.0 Å². The number of halogens is 2. The van der Waals surface area contributed by atoms with Crippen molar-refractivity contribution in [2.45, 2.75) is 31.3 Å². The number of aryl methyl sites for hydroxylation is 1. The van der Waals surface area contributed by atoms with E-state index < -0.39 is 15.1 Å². The molecule has 0 aliphatic rings. The van der Waals surface area contributed by atoms with Crippen molar-refractivity contribution in [2.24, 2.45) is 0 Å². The van der Waals surface area contributed by atoms with Gasteiger partial charge in [-0.1, -0.05) is 36.2 Å². The van der Waals surface area contributed by atoms with Gasteiger partial charge in [0.05, 0.1) is 15.3 Å². The molecule has 0 spiro atoms. The Balaban J connectivity index is 2.23. The Morgan fingerprint density at radius 3 is 2.43 bits per heavy atom. The second-order valence-corrected chi connectivity index (χ2v) is 7.70. The molecule has 0 saturated carbocycles. The van der Waals surface area contributed by atoms with Crippen molar-refractivity contribution >= 4 is 33.0 Å². The number of hydrogen-bond donors (Lipinski definition) is 0. The zero-order valence-electron chi connectivity index (χ0n) is 11.5. The summed E-state index contributed by atoms with van der Waals surface area (Å²) in [6.07, 6.45) is 0.565. The molecule has 1 aromatic carbocycles. The number of sulfone groups is 1. The normalized spacial score (nSPS) is 13.3. The van der Waals surface area contributed by atoms with Gasteiger partial charge in [0, 0.05) is 6.42 Å². The third kappa shape index (κ3) is 3.75. The molecule has 0 amide bonds. The van der Waals surface area contributed by atoms with Gasteiger partial charge in [0.1, 0.15) is 5.75 Å². The molecule has 0 saturated heterocycles. The molecule has 1 atom stereocenters. The molecule has 114 valence electrons. The molecule has 21 heavy (non-hydrogen) atoms. The van der Waals surface area contributed by atoms with Crippen molar-refractivity contribution in [2.75, 3.05) is 0 Å². The predicted molar refractivity (Wildman–Crippen MR) is 81.2 cm³/mol. The first kappa shape index (κ1) is 16.3. The van der Waals surface area contributed by atoms with E-state index in [1.54, 1.807) is 25.1 Å². The highest BCUT2D eigenvalue weighted by atomic mass is 35.5. The van der Waals surface area contributed by atoms with Crippen molar-refractivity contribution < 1.29 is 12.8 Å². The van der Waals surface area contributed by atoms with Crippen LogP contribution >= 0.6 is 23.2 Å². The average Bonchev–Trinajstić information content (AvgIpc) is 2.88. The van der Waals surface area contributed by atoms with Crippen molar-refractivity contribution in [3.63, 3.8) is 0 Å². The quantitative estimate of drug-likeness (QED) is 0.824. The minimum atomic E-state index is -3.49. The van der Waals surface area contributed by atoms with Gasteiger partial charge in [-0.2, -0.15) is 0 Å². The summed E-state index contributed by atoms with van der Waals surface area (Å²) in [5, 5.41) is 7.45. The van der Waals surface area contributed by atoms with Crippen molar-refractivity contribution in [3.8, 4) is 0 Å². The van der Waals surface area contributed by atoms with Crippen LogP contribution in [0.25, 0.3) is 0 Å². The van der Waals surface area contributed by atoms with E-state index in [0.717, 1.165) is 0 Å². The molecule has 2 aromatic rings. The van der Waals surface area contributed by atoms with Crippen LogP contribution in [0.3, 0.4) is 0 Å². The lowest BCUT2D eigenvalue weighted by atomic mass is 10.2. The summed E-state index contributed by atoms with van der Waals surface area (Å²) >= 11 is 11.8. The van der Waals surface area contributed by atoms with Crippen LogP contribution in [0.15, 0.2) is 22.6 Å². The Labute approximate surface area is 133 Å². The molecular formula is C13H14Cl2N2O3S. The number of rotatable bonds is 5. The van der Waals surface area contributed by atoms with Gasteiger partial charge in [-0.3, -0.25) is 0 Å². The average molecular weight is 349 g/mol. The molecule has 0 radical (unpaired) electrons. The Bertz CT molecular complexity index is 744. The monoisotopic (exact) mass is 348 g/mol. The van der Waals surface area contributed by atoms with Gasteiger partial charge in [-0.05, 0) is 24.6 Å². The topological polar surface area (TPSA) is 73.1 Å². The third-order valence-corrected chi connectivity index (χ3v) is 5.83.